The minimum Gasteiger partial charge on any atom is -0.310 e. The van der Waals surface area contributed by atoms with Crippen LogP contribution in [0.1, 0.15) is 77.9 Å². The minimum absolute atomic E-state index is 0.487. The average Bonchev–Trinajstić information content (AvgIpc) is 1.53. The molecular weight excluding hydrogens is 1100 g/mol. The molecule has 2 heteroatoms. The Bertz CT molecular complexity index is 5000. The van der Waals surface area contributed by atoms with Crippen molar-refractivity contribution in [3.63, 3.8) is 0 Å². The van der Waals surface area contributed by atoms with Gasteiger partial charge in [0.15, 0.2) is 0 Å². The first-order valence-electron chi connectivity index (χ1n) is 32.1. The summed E-state index contributed by atoms with van der Waals surface area (Å²) < 4.78 is 0. The minimum atomic E-state index is -0.663. The molecule has 2 nitrogen and oxygen atoms in total. The highest BCUT2D eigenvalue weighted by molar-refractivity contribution is 6.01. The van der Waals surface area contributed by atoms with Gasteiger partial charge in [-0.3, -0.25) is 0 Å². The maximum Gasteiger partial charge on any atom is 0.0727 e. The second-order valence-corrected chi connectivity index (χ2v) is 25.9. The van der Waals surface area contributed by atoms with Gasteiger partial charge >= 0.3 is 0 Å². The smallest absolute Gasteiger partial charge is 0.0727 e. The van der Waals surface area contributed by atoms with E-state index >= 15 is 0 Å². The third kappa shape index (κ3) is 6.41. The Kier molecular flexibility index (Phi) is 10.2. The van der Waals surface area contributed by atoms with Crippen LogP contribution < -0.4 is 9.80 Å². The fraction of sp³-hybridized carbons (Fsp3) is 0.0562. The molecule has 14 aromatic carbocycles. The fourth-order valence-electron chi connectivity index (χ4n) is 18.1. The summed E-state index contributed by atoms with van der Waals surface area (Å²) in [6.45, 7) is 4.37. The highest BCUT2D eigenvalue weighted by Crippen LogP contribution is 2.68. The van der Waals surface area contributed by atoms with Crippen molar-refractivity contribution < 1.29 is 0 Å². The summed E-state index contributed by atoms with van der Waals surface area (Å²) in [4.78, 5) is 5.05. The molecule has 0 atom stereocenters. The van der Waals surface area contributed by atoms with E-state index in [9.17, 15) is 0 Å². The van der Waals surface area contributed by atoms with E-state index in [1.165, 1.54) is 145 Å². The number of anilines is 6. The van der Waals surface area contributed by atoms with E-state index in [-0.39, 0.29) is 0 Å². The highest BCUT2D eigenvalue weighted by Gasteiger charge is 2.55. The van der Waals surface area contributed by atoms with E-state index in [2.05, 4.69) is 339 Å². The Labute approximate surface area is 530 Å². The zero-order valence-corrected chi connectivity index (χ0v) is 50.4. The maximum atomic E-state index is 2.55. The molecule has 0 fully saturated rings. The first-order valence-corrected chi connectivity index (χ1v) is 32.1. The Hall–Kier alpha value is -11.3. The van der Waals surface area contributed by atoms with Crippen molar-refractivity contribution in [1.82, 2.24) is 0 Å². The van der Waals surface area contributed by atoms with Crippen LogP contribution in [0.5, 0.6) is 0 Å². The molecule has 0 aliphatic heterocycles. The number of aryl methyl sites for hydroxylation is 2. The summed E-state index contributed by atoms with van der Waals surface area (Å²) in [6, 6.07) is 121. The molecule has 6 aliphatic carbocycles. The third-order valence-corrected chi connectivity index (χ3v) is 21.6. The SMILES string of the molecule is Cc1ccc(N(c2ccc3c(c2)C2(c4ccccc4-c4ccccc42)c2ccccc2-3)c2ccc3c(c2)C2(c4ccccc4-c4ccccc42)c2cc(N(c4ccc(C)cc4)c4ccc5c(c4)C4(c6ccccc6-c6ccccc64)c4ccccc4-5)ccc2-3)cc1. The topological polar surface area (TPSA) is 6.48 Å². The van der Waals surface area contributed by atoms with E-state index in [1.54, 1.807) is 0 Å². The number of fused-ring (bicyclic) bond motifs is 30. The molecule has 0 unspecified atom stereocenters. The summed E-state index contributed by atoms with van der Waals surface area (Å²) in [5.74, 6) is 0. The van der Waals surface area contributed by atoms with E-state index in [1.807, 2.05) is 0 Å². The molecule has 3 spiro atoms. The van der Waals surface area contributed by atoms with E-state index in [0.717, 1.165) is 34.1 Å². The lowest BCUT2D eigenvalue weighted by atomic mass is 9.70. The Balaban J connectivity index is 0.805. The molecule has 0 aromatic heterocycles. The van der Waals surface area contributed by atoms with Gasteiger partial charge in [-0.1, -0.05) is 254 Å². The summed E-state index contributed by atoms with van der Waals surface area (Å²) in [5.41, 5.74) is 38.8. The van der Waals surface area contributed by atoms with Crippen molar-refractivity contribution in [3.8, 4) is 66.8 Å². The second-order valence-electron chi connectivity index (χ2n) is 25.9. The second kappa shape index (κ2) is 18.4. The quantitative estimate of drug-likeness (QED) is 0.164. The molecule has 20 rings (SSSR count). The van der Waals surface area contributed by atoms with Gasteiger partial charge in [-0.05, 0) is 220 Å². The standard InChI is InChI=1S/C89H58N2/c1-55-35-39-57(40-36-55)90(59-43-47-71-69-25-9-15-31-79(69)87(83(71)51-59)75-27-11-3-19-63(75)64-20-4-12-28-76(64)87)61-45-49-73-74-50-46-62(54-86(74)89(85(73)53-61)81-33-17-7-23-67(81)68-24-8-18-34-82(68)89)91(58-41-37-56(2)38-42-58)60-44-48-72-70-26-10-16-32-80(70)88(84(72)52-60)77-29-13-5-21-65(77)66-22-6-14-30-78(66)88/h3-54H,1-2H3. The molecule has 0 radical (unpaired) electrons. The van der Waals surface area contributed by atoms with Gasteiger partial charge in [-0.25, -0.2) is 0 Å². The van der Waals surface area contributed by atoms with Crippen LogP contribution in [0.4, 0.5) is 34.1 Å². The number of nitrogens with zero attached hydrogens (tertiary/aromatic N) is 2. The van der Waals surface area contributed by atoms with E-state index in [0.29, 0.717) is 0 Å². The van der Waals surface area contributed by atoms with Crippen LogP contribution in [0.25, 0.3) is 66.8 Å². The Morgan fingerprint density at radius 1 is 0.165 bits per heavy atom. The molecule has 0 amide bonds. The van der Waals surface area contributed by atoms with Gasteiger partial charge in [-0.15, -0.1) is 0 Å². The van der Waals surface area contributed by atoms with Crippen LogP contribution in [0.3, 0.4) is 0 Å². The third-order valence-electron chi connectivity index (χ3n) is 21.6. The first kappa shape index (κ1) is 50.7. The molecule has 424 valence electrons. The molecule has 0 N–H and O–H groups in total. The summed E-state index contributed by atoms with van der Waals surface area (Å²) in [5, 5.41) is 0. The van der Waals surface area contributed by atoms with E-state index in [4.69, 9.17) is 0 Å². The van der Waals surface area contributed by atoms with Gasteiger partial charge in [-0.2, -0.15) is 0 Å². The summed E-state index contributed by atoms with van der Waals surface area (Å²) in [6.07, 6.45) is 0. The van der Waals surface area contributed by atoms with Gasteiger partial charge < -0.3 is 9.80 Å². The average molecular weight is 1160 g/mol. The van der Waals surface area contributed by atoms with Crippen LogP contribution in [-0.2, 0) is 16.2 Å². The molecule has 91 heavy (non-hydrogen) atoms. The lowest BCUT2D eigenvalue weighted by Gasteiger charge is -2.34. The van der Waals surface area contributed by atoms with Crippen molar-refractivity contribution in [2.45, 2.75) is 30.1 Å². The number of hydrogen-bond acceptors (Lipinski definition) is 2. The summed E-state index contributed by atoms with van der Waals surface area (Å²) in [7, 11) is 0. The van der Waals surface area contributed by atoms with Gasteiger partial charge in [0, 0.05) is 34.1 Å². The predicted octanol–water partition coefficient (Wildman–Crippen LogP) is 22.3. The largest absolute Gasteiger partial charge is 0.310 e. The summed E-state index contributed by atoms with van der Waals surface area (Å²) >= 11 is 0. The molecular formula is C89H58N2. The molecule has 0 heterocycles. The van der Waals surface area contributed by atoms with Crippen molar-refractivity contribution in [2.75, 3.05) is 9.80 Å². The lowest BCUT2D eigenvalue weighted by molar-refractivity contribution is 0.792. The molecule has 6 aliphatic rings. The van der Waals surface area contributed by atoms with Gasteiger partial charge in [0.25, 0.3) is 0 Å². The van der Waals surface area contributed by atoms with Crippen LogP contribution in [0.2, 0.25) is 0 Å². The van der Waals surface area contributed by atoms with Gasteiger partial charge in [0.05, 0.1) is 16.2 Å². The van der Waals surface area contributed by atoms with Gasteiger partial charge in [0.1, 0.15) is 0 Å². The number of hydrogen-bond donors (Lipinski definition) is 0. The monoisotopic (exact) mass is 1150 g/mol. The fourth-order valence-corrected chi connectivity index (χ4v) is 18.1. The zero-order chi connectivity index (χ0) is 59.9. The predicted molar refractivity (Wildman–Crippen MR) is 374 cm³/mol. The Morgan fingerprint density at radius 3 is 0.538 bits per heavy atom. The number of benzene rings is 14. The lowest BCUT2D eigenvalue weighted by Crippen LogP contribution is -2.27. The van der Waals surface area contributed by atoms with Crippen LogP contribution in [0.15, 0.2) is 315 Å². The molecule has 0 bridgehead atoms. The number of rotatable bonds is 6. The van der Waals surface area contributed by atoms with Crippen molar-refractivity contribution >= 4 is 34.1 Å². The van der Waals surface area contributed by atoms with E-state index < -0.39 is 16.2 Å². The van der Waals surface area contributed by atoms with Gasteiger partial charge in [0.2, 0.25) is 0 Å². The van der Waals surface area contributed by atoms with Crippen LogP contribution in [0, 0.1) is 13.8 Å². The first-order chi connectivity index (χ1) is 44.9. The maximum absolute atomic E-state index is 2.55. The molecule has 0 saturated heterocycles. The van der Waals surface area contributed by atoms with Crippen LogP contribution >= 0.6 is 0 Å². The Morgan fingerprint density at radius 2 is 0.330 bits per heavy atom. The van der Waals surface area contributed by atoms with Crippen molar-refractivity contribution in [3.05, 3.63) is 393 Å². The van der Waals surface area contributed by atoms with Crippen molar-refractivity contribution in [1.29, 1.82) is 0 Å². The van der Waals surface area contributed by atoms with Crippen molar-refractivity contribution in [2.24, 2.45) is 0 Å². The molecule has 14 aromatic rings. The molecule has 0 saturated carbocycles. The van der Waals surface area contributed by atoms with Crippen LogP contribution in [-0.4, -0.2) is 0 Å². The normalized spacial score (nSPS) is 14.5. The zero-order valence-electron chi connectivity index (χ0n) is 50.4. The highest BCUT2D eigenvalue weighted by atomic mass is 15.1.